The molecule has 2 amide bonds. The highest BCUT2D eigenvalue weighted by Gasteiger charge is 2.37. The fraction of sp³-hybridized carbons (Fsp3) is 0.652. The van der Waals surface area contributed by atoms with Crippen LogP contribution in [0.1, 0.15) is 36.0 Å². The van der Waals surface area contributed by atoms with Crippen molar-refractivity contribution < 1.29 is 14.3 Å². The molecule has 1 atom stereocenters. The van der Waals surface area contributed by atoms with E-state index in [1.807, 2.05) is 43.3 Å². The zero-order valence-corrected chi connectivity index (χ0v) is 18.6. The lowest BCUT2D eigenvalue weighted by molar-refractivity contribution is -0.129. The maximum absolute atomic E-state index is 13.1. The Morgan fingerprint density at radius 1 is 1.13 bits per heavy atom. The summed E-state index contributed by atoms with van der Waals surface area (Å²) in [4.78, 5) is 32.3. The average Bonchev–Trinajstić information content (AvgIpc) is 3.28. The van der Waals surface area contributed by atoms with Crippen molar-refractivity contribution in [1.82, 2.24) is 20.0 Å². The molecule has 0 bridgehead atoms. The highest BCUT2D eigenvalue weighted by atomic mass is 16.5. The molecule has 1 saturated carbocycles. The topological polar surface area (TPSA) is 65.1 Å². The molecule has 7 nitrogen and oxygen atoms in total. The monoisotopic (exact) mass is 416 g/mol. The normalized spacial score (nSPS) is 19.1. The number of carbonyl (C=O) groups is 2. The Bertz CT molecular complexity index is 710. The molecular weight excluding hydrogens is 380 g/mol. The fourth-order valence-electron chi connectivity index (χ4n) is 4.65. The second kappa shape index (κ2) is 10.8. The number of likely N-dealkylation sites (N-methyl/N-ethyl adjacent to an activating group) is 1. The van der Waals surface area contributed by atoms with E-state index in [4.69, 9.17) is 4.74 Å². The predicted octanol–water partition coefficient (Wildman–Crippen LogP) is 1.69. The molecule has 0 spiro atoms. The quantitative estimate of drug-likeness (QED) is 0.699. The Labute approximate surface area is 180 Å². The van der Waals surface area contributed by atoms with Gasteiger partial charge >= 0.3 is 0 Å². The number of rotatable bonds is 8. The largest absolute Gasteiger partial charge is 0.496 e. The number of ether oxygens (including phenoxy) is 1. The predicted molar refractivity (Wildman–Crippen MR) is 118 cm³/mol. The Hall–Kier alpha value is -2.12. The second-order valence-corrected chi connectivity index (χ2v) is 8.61. The van der Waals surface area contributed by atoms with Crippen LogP contribution in [0.3, 0.4) is 0 Å². The van der Waals surface area contributed by atoms with Gasteiger partial charge in [-0.3, -0.25) is 14.5 Å². The number of piperazine rings is 1. The molecule has 30 heavy (non-hydrogen) atoms. The molecule has 1 saturated heterocycles. The lowest BCUT2D eigenvalue weighted by Gasteiger charge is -2.41. The number of amides is 2. The van der Waals surface area contributed by atoms with Crippen molar-refractivity contribution in [1.29, 1.82) is 0 Å². The first-order chi connectivity index (χ1) is 14.5. The molecule has 1 aliphatic carbocycles. The van der Waals surface area contributed by atoms with Crippen LogP contribution in [0.25, 0.3) is 0 Å². The zero-order chi connectivity index (χ0) is 21.5. The van der Waals surface area contributed by atoms with E-state index in [0.29, 0.717) is 36.9 Å². The minimum Gasteiger partial charge on any atom is -0.496 e. The summed E-state index contributed by atoms with van der Waals surface area (Å²) in [7, 11) is 5.61. The van der Waals surface area contributed by atoms with Gasteiger partial charge in [-0.25, -0.2) is 0 Å². The third-order valence-electron chi connectivity index (χ3n) is 6.31. The summed E-state index contributed by atoms with van der Waals surface area (Å²) in [5.74, 6) is 1.17. The van der Waals surface area contributed by atoms with Crippen LogP contribution in [-0.2, 0) is 4.79 Å². The lowest BCUT2D eigenvalue weighted by atomic mass is 9.95. The van der Waals surface area contributed by atoms with E-state index in [1.54, 1.807) is 7.11 Å². The van der Waals surface area contributed by atoms with Crippen LogP contribution in [0, 0.1) is 5.92 Å². The molecule has 1 unspecified atom stereocenters. The van der Waals surface area contributed by atoms with Crippen molar-refractivity contribution in [2.45, 2.75) is 31.7 Å². The van der Waals surface area contributed by atoms with Gasteiger partial charge in [0.1, 0.15) is 5.75 Å². The van der Waals surface area contributed by atoms with E-state index in [0.717, 1.165) is 32.5 Å². The van der Waals surface area contributed by atoms with Gasteiger partial charge in [0.2, 0.25) is 5.91 Å². The second-order valence-electron chi connectivity index (χ2n) is 8.61. The van der Waals surface area contributed by atoms with Gasteiger partial charge in [0.15, 0.2) is 0 Å². The van der Waals surface area contributed by atoms with Crippen molar-refractivity contribution >= 4 is 11.8 Å². The third-order valence-corrected chi connectivity index (χ3v) is 6.31. The Kier molecular flexibility index (Phi) is 8.10. The van der Waals surface area contributed by atoms with Crippen LogP contribution in [0.4, 0.5) is 0 Å². The van der Waals surface area contributed by atoms with Gasteiger partial charge < -0.3 is 19.9 Å². The highest BCUT2D eigenvalue weighted by Crippen LogP contribution is 2.31. The Morgan fingerprint density at radius 3 is 2.43 bits per heavy atom. The van der Waals surface area contributed by atoms with E-state index in [9.17, 15) is 9.59 Å². The molecule has 0 aromatic heterocycles. The summed E-state index contributed by atoms with van der Waals surface area (Å²) in [5.41, 5.74) is 0.599. The highest BCUT2D eigenvalue weighted by molar-refractivity contribution is 5.97. The maximum Gasteiger partial charge on any atom is 0.257 e. The maximum atomic E-state index is 13.1. The number of methoxy groups -OCH3 is 1. The molecule has 7 heteroatoms. The minimum absolute atomic E-state index is 0.0000455. The molecule has 166 valence electrons. The van der Waals surface area contributed by atoms with Gasteiger partial charge in [0.25, 0.3) is 5.91 Å². The van der Waals surface area contributed by atoms with Crippen molar-refractivity contribution in [3.8, 4) is 5.75 Å². The molecular formula is C23H36N4O3. The standard InChI is InChI=1S/C23H36N4O3/c1-25(2)13-12-24-22(28)21(18-8-4-5-9-18)26-14-16-27(17-15-26)23(29)19-10-6-7-11-20(19)30-3/h6-7,10-11,18,21H,4-5,8-9,12-17H2,1-3H3,(H,24,28). The van der Waals surface area contributed by atoms with Crippen LogP contribution in [0.2, 0.25) is 0 Å². The van der Waals surface area contributed by atoms with Crippen LogP contribution in [-0.4, -0.2) is 93.0 Å². The van der Waals surface area contributed by atoms with Crippen molar-refractivity contribution in [3.63, 3.8) is 0 Å². The molecule has 1 aromatic carbocycles. The number of para-hydroxylation sites is 1. The summed E-state index contributed by atoms with van der Waals surface area (Å²) < 4.78 is 5.36. The van der Waals surface area contributed by atoms with Crippen molar-refractivity contribution in [3.05, 3.63) is 29.8 Å². The number of nitrogens with one attached hydrogen (secondary N) is 1. The van der Waals surface area contributed by atoms with Gasteiger partial charge in [-0.15, -0.1) is 0 Å². The van der Waals surface area contributed by atoms with Crippen LogP contribution in [0.15, 0.2) is 24.3 Å². The third kappa shape index (κ3) is 5.52. The molecule has 3 rings (SSSR count). The molecule has 2 fully saturated rings. The molecule has 1 aromatic rings. The summed E-state index contributed by atoms with van der Waals surface area (Å²) in [6.07, 6.45) is 4.65. The van der Waals surface area contributed by atoms with Gasteiger partial charge in [0, 0.05) is 39.3 Å². The van der Waals surface area contributed by atoms with Crippen LogP contribution < -0.4 is 10.1 Å². The zero-order valence-electron chi connectivity index (χ0n) is 18.6. The first-order valence-electron chi connectivity index (χ1n) is 11.1. The summed E-state index contributed by atoms with van der Waals surface area (Å²) in [6, 6.07) is 7.28. The van der Waals surface area contributed by atoms with Crippen LogP contribution >= 0.6 is 0 Å². The summed E-state index contributed by atoms with van der Waals surface area (Å²) in [6.45, 7) is 4.22. The van der Waals surface area contributed by atoms with Crippen molar-refractivity contribution in [2.24, 2.45) is 5.92 Å². The van der Waals surface area contributed by atoms with Gasteiger partial charge in [-0.05, 0) is 45.0 Å². The fourth-order valence-corrected chi connectivity index (χ4v) is 4.65. The molecule has 1 aliphatic heterocycles. The van der Waals surface area contributed by atoms with Gasteiger partial charge in [-0.1, -0.05) is 25.0 Å². The van der Waals surface area contributed by atoms with Crippen LogP contribution in [0.5, 0.6) is 5.75 Å². The first kappa shape index (κ1) is 22.6. The average molecular weight is 417 g/mol. The SMILES string of the molecule is COc1ccccc1C(=O)N1CCN(C(C(=O)NCCN(C)C)C2CCCC2)CC1. The number of carbonyl (C=O) groups excluding carboxylic acids is 2. The number of nitrogens with zero attached hydrogens (tertiary/aromatic N) is 3. The summed E-state index contributed by atoms with van der Waals surface area (Å²) >= 11 is 0. The molecule has 0 radical (unpaired) electrons. The Morgan fingerprint density at radius 2 is 1.80 bits per heavy atom. The van der Waals surface area contributed by atoms with E-state index < -0.39 is 0 Å². The number of benzene rings is 1. The van der Waals surface area contributed by atoms with Gasteiger partial charge in [-0.2, -0.15) is 0 Å². The lowest BCUT2D eigenvalue weighted by Crippen LogP contribution is -2.58. The van der Waals surface area contributed by atoms with E-state index in [-0.39, 0.29) is 17.9 Å². The molecule has 2 aliphatic rings. The van der Waals surface area contributed by atoms with Gasteiger partial charge in [0.05, 0.1) is 18.7 Å². The minimum atomic E-state index is -0.0850. The Balaban J connectivity index is 1.62. The molecule has 1 N–H and O–H groups in total. The van der Waals surface area contributed by atoms with Crippen molar-refractivity contribution in [2.75, 3.05) is 60.5 Å². The number of hydrogen-bond acceptors (Lipinski definition) is 5. The summed E-state index contributed by atoms with van der Waals surface area (Å²) in [5, 5.41) is 3.14. The molecule has 1 heterocycles. The number of hydrogen-bond donors (Lipinski definition) is 1. The van der Waals surface area contributed by atoms with E-state index >= 15 is 0 Å². The smallest absolute Gasteiger partial charge is 0.257 e. The van der Waals surface area contributed by atoms with E-state index in [2.05, 4.69) is 15.1 Å². The first-order valence-corrected chi connectivity index (χ1v) is 11.1. The van der Waals surface area contributed by atoms with E-state index in [1.165, 1.54) is 12.8 Å².